The maximum atomic E-state index is 12.7. The Balaban J connectivity index is 1.52. The van der Waals surface area contributed by atoms with E-state index in [2.05, 4.69) is 10.3 Å². The summed E-state index contributed by atoms with van der Waals surface area (Å²) in [5, 5.41) is 2.88. The molecule has 3 aromatic rings. The summed E-state index contributed by atoms with van der Waals surface area (Å²) in [5.41, 5.74) is 2.97. The average Bonchev–Trinajstić information content (AvgIpc) is 2.74. The first-order valence-electron chi connectivity index (χ1n) is 8.65. The van der Waals surface area contributed by atoms with E-state index in [4.69, 9.17) is 9.47 Å². The number of hydrogen-bond donors (Lipinski definition) is 1. The van der Waals surface area contributed by atoms with Gasteiger partial charge in [0.05, 0.1) is 17.4 Å². The molecule has 1 aromatic heterocycles. The molecule has 0 aliphatic carbocycles. The third-order valence-corrected chi connectivity index (χ3v) is 4.32. The zero-order valence-corrected chi connectivity index (χ0v) is 14.9. The highest BCUT2D eigenvalue weighted by molar-refractivity contribution is 6.04. The summed E-state index contributed by atoms with van der Waals surface area (Å²) in [4.78, 5) is 18.8. The van der Waals surface area contributed by atoms with E-state index in [-0.39, 0.29) is 5.91 Å². The number of aromatic nitrogens is 1. The summed E-state index contributed by atoms with van der Waals surface area (Å²) in [6.07, 6.45) is 3.28. The Morgan fingerprint density at radius 1 is 0.963 bits per heavy atom. The summed E-state index contributed by atoms with van der Waals surface area (Å²) in [7, 11) is 1.94. The number of benzene rings is 2. The molecule has 1 aliphatic heterocycles. The monoisotopic (exact) mass is 361 g/mol. The molecule has 1 N–H and O–H groups in total. The van der Waals surface area contributed by atoms with Crippen LogP contribution >= 0.6 is 0 Å². The van der Waals surface area contributed by atoms with Crippen molar-refractivity contribution < 1.29 is 14.3 Å². The SMILES string of the molecule is CN(c1ccccc1)c1cncc(C(=O)Nc2ccc3c(c2)OCCO3)c1. The molecule has 0 saturated heterocycles. The lowest BCUT2D eigenvalue weighted by molar-refractivity contribution is 0.102. The zero-order chi connectivity index (χ0) is 18.6. The molecular weight excluding hydrogens is 342 g/mol. The Hall–Kier alpha value is -3.54. The first-order valence-corrected chi connectivity index (χ1v) is 8.65. The predicted molar refractivity (Wildman–Crippen MR) is 104 cm³/mol. The third-order valence-electron chi connectivity index (χ3n) is 4.32. The molecule has 1 aliphatic rings. The fourth-order valence-corrected chi connectivity index (χ4v) is 2.86. The minimum atomic E-state index is -0.234. The van der Waals surface area contributed by atoms with Crippen molar-refractivity contribution in [3.63, 3.8) is 0 Å². The van der Waals surface area contributed by atoms with Crippen LogP contribution in [0, 0.1) is 0 Å². The molecule has 0 bridgehead atoms. The molecule has 0 saturated carbocycles. The minimum Gasteiger partial charge on any atom is -0.486 e. The van der Waals surface area contributed by atoms with E-state index in [0.29, 0.717) is 36.0 Å². The number of carbonyl (C=O) groups is 1. The number of rotatable bonds is 4. The standard InChI is InChI=1S/C21H19N3O3/c1-24(17-5-3-2-4-6-17)18-11-15(13-22-14-18)21(25)23-16-7-8-19-20(12-16)27-10-9-26-19/h2-8,11-14H,9-10H2,1H3,(H,23,25). The number of amides is 1. The molecule has 0 radical (unpaired) electrons. The van der Waals surface area contributed by atoms with Gasteiger partial charge < -0.3 is 19.7 Å². The van der Waals surface area contributed by atoms with Gasteiger partial charge in [-0.05, 0) is 30.3 Å². The second kappa shape index (κ2) is 7.37. The lowest BCUT2D eigenvalue weighted by Crippen LogP contribution is -2.17. The van der Waals surface area contributed by atoms with Crippen LogP contribution in [0.15, 0.2) is 67.0 Å². The molecule has 136 valence electrons. The van der Waals surface area contributed by atoms with Crippen LogP contribution in [0.25, 0.3) is 0 Å². The second-order valence-electron chi connectivity index (χ2n) is 6.14. The second-order valence-corrected chi connectivity index (χ2v) is 6.14. The Kier molecular flexibility index (Phi) is 4.61. The van der Waals surface area contributed by atoms with Crippen molar-refractivity contribution in [1.29, 1.82) is 0 Å². The van der Waals surface area contributed by atoms with Gasteiger partial charge in [0.25, 0.3) is 5.91 Å². The topological polar surface area (TPSA) is 63.7 Å². The molecule has 2 aromatic carbocycles. The van der Waals surface area contributed by atoms with E-state index in [1.807, 2.05) is 48.3 Å². The van der Waals surface area contributed by atoms with Crippen LogP contribution in [0.5, 0.6) is 11.5 Å². The van der Waals surface area contributed by atoms with Gasteiger partial charge in [-0.1, -0.05) is 18.2 Å². The first kappa shape index (κ1) is 16.9. The van der Waals surface area contributed by atoms with E-state index >= 15 is 0 Å². The largest absolute Gasteiger partial charge is 0.486 e. The highest BCUT2D eigenvalue weighted by Gasteiger charge is 2.14. The summed E-state index contributed by atoms with van der Waals surface area (Å²) < 4.78 is 11.1. The van der Waals surface area contributed by atoms with Gasteiger partial charge in [-0.25, -0.2) is 0 Å². The number of pyridine rings is 1. The van der Waals surface area contributed by atoms with E-state index in [0.717, 1.165) is 11.4 Å². The van der Waals surface area contributed by atoms with Crippen molar-refractivity contribution in [1.82, 2.24) is 4.98 Å². The molecule has 1 amide bonds. The Morgan fingerprint density at radius 2 is 1.74 bits per heavy atom. The van der Waals surface area contributed by atoms with Crippen molar-refractivity contribution >= 4 is 23.0 Å². The summed E-state index contributed by atoms with van der Waals surface area (Å²) in [6, 6.07) is 17.1. The number of hydrogen-bond acceptors (Lipinski definition) is 5. The Morgan fingerprint density at radius 3 is 2.56 bits per heavy atom. The van der Waals surface area contributed by atoms with Gasteiger partial charge in [0.1, 0.15) is 13.2 Å². The predicted octanol–water partition coefficient (Wildman–Crippen LogP) is 3.87. The molecule has 2 heterocycles. The van der Waals surface area contributed by atoms with Gasteiger partial charge in [-0.3, -0.25) is 9.78 Å². The summed E-state index contributed by atoms with van der Waals surface area (Å²) in [6.45, 7) is 1.04. The molecular formula is C21H19N3O3. The number of ether oxygens (including phenoxy) is 2. The number of nitrogens with zero attached hydrogens (tertiary/aromatic N) is 2. The van der Waals surface area contributed by atoms with Gasteiger partial charge in [-0.15, -0.1) is 0 Å². The highest BCUT2D eigenvalue weighted by Crippen LogP contribution is 2.32. The lowest BCUT2D eigenvalue weighted by atomic mass is 10.2. The molecule has 6 nitrogen and oxygen atoms in total. The fourth-order valence-electron chi connectivity index (χ4n) is 2.86. The number of para-hydroxylation sites is 1. The number of fused-ring (bicyclic) bond motifs is 1. The highest BCUT2D eigenvalue weighted by atomic mass is 16.6. The van der Waals surface area contributed by atoms with Crippen molar-refractivity contribution in [2.45, 2.75) is 0 Å². The van der Waals surface area contributed by atoms with Crippen LogP contribution < -0.4 is 19.7 Å². The van der Waals surface area contributed by atoms with E-state index in [1.165, 1.54) is 0 Å². The maximum absolute atomic E-state index is 12.7. The van der Waals surface area contributed by atoms with Crippen LogP contribution in [0.1, 0.15) is 10.4 Å². The Labute approximate surface area is 157 Å². The van der Waals surface area contributed by atoms with Crippen LogP contribution in [0.3, 0.4) is 0 Å². The van der Waals surface area contributed by atoms with Gasteiger partial charge in [0.15, 0.2) is 11.5 Å². The molecule has 27 heavy (non-hydrogen) atoms. The molecule has 6 heteroatoms. The van der Waals surface area contributed by atoms with Gasteiger partial charge >= 0.3 is 0 Å². The number of nitrogens with one attached hydrogen (secondary N) is 1. The van der Waals surface area contributed by atoms with Crippen LogP contribution in [0.2, 0.25) is 0 Å². The van der Waals surface area contributed by atoms with Crippen LogP contribution in [0.4, 0.5) is 17.1 Å². The smallest absolute Gasteiger partial charge is 0.257 e. The van der Waals surface area contributed by atoms with Crippen molar-refractivity contribution in [2.75, 3.05) is 30.5 Å². The third kappa shape index (κ3) is 3.69. The van der Waals surface area contributed by atoms with E-state index in [1.54, 1.807) is 30.6 Å². The normalized spacial score (nSPS) is 12.3. The van der Waals surface area contributed by atoms with Crippen LogP contribution in [-0.4, -0.2) is 31.2 Å². The number of carbonyl (C=O) groups excluding carboxylic acids is 1. The van der Waals surface area contributed by atoms with Crippen molar-refractivity contribution in [3.8, 4) is 11.5 Å². The maximum Gasteiger partial charge on any atom is 0.257 e. The minimum absolute atomic E-state index is 0.234. The first-order chi connectivity index (χ1) is 13.2. The quantitative estimate of drug-likeness (QED) is 0.764. The summed E-state index contributed by atoms with van der Waals surface area (Å²) >= 11 is 0. The molecule has 4 rings (SSSR count). The van der Waals surface area contributed by atoms with E-state index in [9.17, 15) is 4.79 Å². The van der Waals surface area contributed by atoms with Crippen LogP contribution in [-0.2, 0) is 0 Å². The number of anilines is 3. The van der Waals surface area contributed by atoms with Gasteiger partial charge in [-0.2, -0.15) is 0 Å². The molecule has 0 unspecified atom stereocenters. The van der Waals surface area contributed by atoms with Crippen molar-refractivity contribution in [3.05, 3.63) is 72.6 Å². The summed E-state index contributed by atoms with van der Waals surface area (Å²) in [5.74, 6) is 1.09. The van der Waals surface area contributed by atoms with Gasteiger partial charge in [0.2, 0.25) is 0 Å². The molecule has 0 fully saturated rings. The van der Waals surface area contributed by atoms with Gasteiger partial charge in [0, 0.05) is 30.7 Å². The molecule has 0 spiro atoms. The fraction of sp³-hybridized carbons (Fsp3) is 0.143. The van der Waals surface area contributed by atoms with E-state index < -0.39 is 0 Å². The average molecular weight is 361 g/mol. The van der Waals surface area contributed by atoms with Crippen molar-refractivity contribution in [2.24, 2.45) is 0 Å². The Bertz CT molecular complexity index is 960. The zero-order valence-electron chi connectivity index (χ0n) is 14.9. The molecule has 0 atom stereocenters. The lowest BCUT2D eigenvalue weighted by Gasteiger charge is -2.20.